The third kappa shape index (κ3) is 2.96. The Balaban J connectivity index is 2.20. The van der Waals surface area contributed by atoms with Crippen molar-refractivity contribution < 1.29 is 9.59 Å². The Morgan fingerprint density at radius 1 is 1.21 bits per heavy atom. The van der Waals surface area contributed by atoms with Gasteiger partial charge >= 0.3 is 0 Å². The lowest BCUT2D eigenvalue weighted by Crippen LogP contribution is -2.31. The van der Waals surface area contributed by atoms with Gasteiger partial charge in [0.25, 0.3) is 5.91 Å². The van der Waals surface area contributed by atoms with E-state index in [9.17, 15) is 9.59 Å². The molecule has 0 fully saturated rings. The molecule has 1 aromatic carbocycles. The molecule has 1 N–H and O–H groups in total. The van der Waals surface area contributed by atoms with Gasteiger partial charge in [0.05, 0.1) is 12.1 Å². The van der Waals surface area contributed by atoms with Crippen molar-refractivity contribution in [2.45, 2.75) is 13.8 Å². The average molecular weight is 256 g/mol. The number of ketones is 1. The first-order chi connectivity index (χ1) is 9.09. The lowest BCUT2D eigenvalue weighted by Gasteiger charge is -2.08. The van der Waals surface area contributed by atoms with Crippen LogP contribution in [0.25, 0.3) is 10.9 Å². The molecular weight excluding hydrogens is 240 g/mol. The highest BCUT2D eigenvalue weighted by Gasteiger charge is 2.12. The Bertz CT molecular complexity index is 615. The third-order valence-electron chi connectivity index (χ3n) is 2.96. The molecule has 0 unspecified atom stereocenters. The highest BCUT2D eigenvalue weighted by molar-refractivity contribution is 6.07. The van der Waals surface area contributed by atoms with Gasteiger partial charge in [0, 0.05) is 23.1 Å². The number of amides is 1. The first-order valence-corrected chi connectivity index (χ1v) is 6.24. The summed E-state index contributed by atoms with van der Waals surface area (Å²) in [6.45, 7) is 3.69. The fraction of sp³-hybridized carbons (Fsp3) is 0.267. The molecule has 98 valence electrons. The zero-order chi connectivity index (χ0) is 13.8. The van der Waals surface area contributed by atoms with Gasteiger partial charge in [0.1, 0.15) is 0 Å². The molecular formula is C15H16N2O2. The van der Waals surface area contributed by atoms with E-state index in [2.05, 4.69) is 10.3 Å². The summed E-state index contributed by atoms with van der Waals surface area (Å²) in [5.41, 5.74) is 1.31. The van der Waals surface area contributed by atoms with Crippen LogP contribution in [0.1, 0.15) is 24.2 Å². The molecule has 0 bridgehead atoms. The Hall–Kier alpha value is -2.23. The number of benzene rings is 1. The van der Waals surface area contributed by atoms with Crippen LogP contribution < -0.4 is 5.32 Å². The zero-order valence-corrected chi connectivity index (χ0v) is 11.0. The number of carbonyl (C=O) groups is 2. The monoisotopic (exact) mass is 256 g/mol. The van der Waals surface area contributed by atoms with E-state index in [4.69, 9.17) is 0 Å². The summed E-state index contributed by atoms with van der Waals surface area (Å²) in [6, 6.07) is 9.01. The fourth-order valence-corrected chi connectivity index (χ4v) is 1.77. The largest absolute Gasteiger partial charge is 0.345 e. The number of hydrogen-bond acceptors (Lipinski definition) is 3. The van der Waals surface area contributed by atoms with E-state index in [1.807, 2.05) is 26.0 Å². The molecule has 2 rings (SSSR count). The molecule has 4 nitrogen and oxygen atoms in total. The van der Waals surface area contributed by atoms with Gasteiger partial charge in [-0.1, -0.05) is 26.0 Å². The van der Waals surface area contributed by atoms with E-state index in [1.165, 1.54) is 0 Å². The smallest absolute Gasteiger partial charge is 0.252 e. The van der Waals surface area contributed by atoms with Crippen molar-refractivity contribution in [1.29, 1.82) is 0 Å². The highest BCUT2D eigenvalue weighted by atomic mass is 16.2. The quantitative estimate of drug-likeness (QED) is 0.912. The summed E-state index contributed by atoms with van der Waals surface area (Å²) < 4.78 is 0. The fourth-order valence-electron chi connectivity index (χ4n) is 1.77. The number of nitrogens with zero attached hydrogens (tertiary/aromatic N) is 1. The molecule has 4 heteroatoms. The molecule has 0 aliphatic heterocycles. The van der Waals surface area contributed by atoms with Crippen molar-refractivity contribution in [3.05, 3.63) is 42.1 Å². The predicted molar refractivity (Wildman–Crippen MR) is 73.9 cm³/mol. The van der Waals surface area contributed by atoms with Crippen LogP contribution >= 0.6 is 0 Å². The average Bonchev–Trinajstić information content (AvgIpc) is 2.43. The number of pyridine rings is 1. The Labute approximate surface area is 111 Å². The molecule has 0 aliphatic rings. The van der Waals surface area contributed by atoms with E-state index >= 15 is 0 Å². The number of hydrogen-bond donors (Lipinski definition) is 1. The third-order valence-corrected chi connectivity index (χ3v) is 2.96. The van der Waals surface area contributed by atoms with E-state index in [0.717, 1.165) is 10.9 Å². The van der Waals surface area contributed by atoms with Gasteiger partial charge in [-0.15, -0.1) is 0 Å². The van der Waals surface area contributed by atoms with Gasteiger partial charge in [-0.3, -0.25) is 14.6 Å². The maximum absolute atomic E-state index is 12.1. The minimum absolute atomic E-state index is 0.0201. The minimum Gasteiger partial charge on any atom is -0.345 e. The van der Waals surface area contributed by atoms with Crippen LogP contribution in [0.2, 0.25) is 0 Å². The number of fused-ring (bicyclic) bond motifs is 1. The zero-order valence-electron chi connectivity index (χ0n) is 11.0. The standard InChI is InChI=1S/C15H16N2O2/c1-10(2)14(18)9-17-15(19)12-5-3-7-13-11(12)6-4-8-16-13/h3-8,10H,9H2,1-2H3,(H,17,19). The number of carbonyl (C=O) groups excluding carboxylic acids is 2. The SMILES string of the molecule is CC(C)C(=O)CNC(=O)c1cccc2ncccc12. The minimum atomic E-state index is -0.243. The van der Waals surface area contributed by atoms with Crippen molar-refractivity contribution in [2.75, 3.05) is 6.54 Å². The molecule has 1 heterocycles. The number of Topliss-reactive ketones (excluding diaryl/α,β-unsaturated/α-hetero) is 1. The maximum Gasteiger partial charge on any atom is 0.252 e. The van der Waals surface area contributed by atoms with E-state index in [1.54, 1.807) is 24.4 Å². The molecule has 0 radical (unpaired) electrons. The van der Waals surface area contributed by atoms with Gasteiger partial charge in [-0.05, 0) is 18.2 Å². The molecule has 0 saturated carbocycles. The molecule has 0 saturated heterocycles. The van der Waals surface area contributed by atoms with Crippen LogP contribution in [0.15, 0.2) is 36.5 Å². The van der Waals surface area contributed by atoms with Gasteiger partial charge in [0.2, 0.25) is 0 Å². The normalized spacial score (nSPS) is 10.7. The van der Waals surface area contributed by atoms with Crippen molar-refractivity contribution >= 4 is 22.6 Å². The Kier molecular flexibility index (Phi) is 3.90. The van der Waals surface area contributed by atoms with E-state index in [-0.39, 0.29) is 24.2 Å². The van der Waals surface area contributed by atoms with Crippen molar-refractivity contribution in [3.8, 4) is 0 Å². The van der Waals surface area contributed by atoms with E-state index in [0.29, 0.717) is 5.56 Å². The molecule has 0 atom stereocenters. The molecule has 1 amide bonds. The van der Waals surface area contributed by atoms with Crippen LogP contribution in [0.3, 0.4) is 0 Å². The number of rotatable bonds is 4. The van der Waals surface area contributed by atoms with Crippen molar-refractivity contribution in [2.24, 2.45) is 5.92 Å². The second-order valence-electron chi connectivity index (χ2n) is 4.68. The Morgan fingerprint density at radius 2 is 2.00 bits per heavy atom. The van der Waals surface area contributed by atoms with Crippen LogP contribution in [0.5, 0.6) is 0 Å². The van der Waals surface area contributed by atoms with Gasteiger partial charge < -0.3 is 5.32 Å². The van der Waals surface area contributed by atoms with Gasteiger partial charge in [-0.25, -0.2) is 0 Å². The number of aromatic nitrogens is 1. The van der Waals surface area contributed by atoms with Gasteiger partial charge in [-0.2, -0.15) is 0 Å². The summed E-state index contributed by atoms with van der Waals surface area (Å²) in [5, 5.41) is 3.45. The molecule has 0 aliphatic carbocycles. The lowest BCUT2D eigenvalue weighted by atomic mass is 10.1. The summed E-state index contributed by atoms with van der Waals surface area (Å²) in [6.07, 6.45) is 1.69. The number of nitrogens with one attached hydrogen (secondary N) is 1. The molecule has 1 aromatic heterocycles. The first-order valence-electron chi connectivity index (χ1n) is 6.24. The second-order valence-corrected chi connectivity index (χ2v) is 4.68. The predicted octanol–water partition coefficient (Wildman–Crippen LogP) is 2.19. The van der Waals surface area contributed by atoms with Crippen molar-refractivity contribution in [1.82, 2.24) is 10.3 Å². The highest BCUT2D eigenvalue weighted by Crippen LogP contribution is 2.16. The van der Waals surface area contributed by atoms with Crippen LogP contribution in [0.4, 0.5) is 0 Å². The molecule has 19 heavy (non-hydrogen) atoms. The second kappa shape index (κ2) is 5.61. The maximum atomic E-state index is 12.1. The summed E-state index contributed by atoms with van der Waals surface area (Å²) >= 11 is 0. The van der Waals surface area contributed by atoms with Crippen LogP contribution in [-0.2, 0) is 4.79 Å². The van der Waals surface area contributed by atoms with Gasteiger partial charge in [0.15, 0.2) is 5.78 Å². The lowest BCUT2D eigenvalue weighted by molar-refractivity contribution is -0.120. The Morgan fingerprint density at radius 3 is 2.74 bits per heavy atom. The van der Waals surface area contributed by atoms with Crippen LogP contribution in [0, 0.1) is 5.92 Å². The molecule has 2 aromatic rings. The van der Waals surface area contributed by atoms with E-state index < -0.39 is 0 Å². The topological polar surface area (TPSA) is 59.1 Å². The molecule has 0 spiro atoms. The van der Waals surface area contributed by atoms with Crippen LogP contribution in [-0.4, -0.2) is 23.2 Å². The van der Waals surface area contributed by atoms with Crippen molar-refractivity contribution in [3.63, 3.8) is 0 Å². The summed E-state index contributed by atoms with van der Waals surface area (Å²) in [5.74, 6) is -0.297. The summed E-state index contributed by atoms with van der Waals surface area (Å²) in [4.78, 5) is 27.8. The first kappa shape index (κ1) is 13.2. The summed E-state index contributed by atoms with van der Waals surface area (Å²) in [7, 11) is 0.